The molecule has 2 N–H and O–H groups in total. The van der Waals surface area contributed by atoms with Gasteiger partial charge in [0.1, 0.15) is 0 Å². The minimum atomic E-state index is -2.90. The van der Waals surface area contributed by atoms with Crippen LogP contribution < -0.4 is 5.32 Å². The molecule has 88 valence electrons. The van der Waals surface area contributed by atoms with Crippen molar-refractivity contribution in [1.82, 2.24) is 5.32 Å². The van der Waals surface area contributed by atoms with E-state index in [9.17, 15) is 13.2 Å². The van der Waals surface area contributed by atoms with Crippen LogP contribution in [0.15, 0.2) is 0 Å². The molecule has 0 bridgehead atoms. The Morgan fingerprint density at radius 1 is 1.60 bits per heavy atom. The lowest BCUT2D eigenvalue weighted by Crippen LogP contribution is -2.31. The summed E-state index contributed by atoms with van der Waals surface area (Å²) in [5.41, 5.74) is 0. The van der Waals surface area contributed by atoms with Gasteiger partial charge in [-0.3, -0.25) is 4.79 Å². The lowest BCUT2D eigenvalue weighted by atomic mass is 10.1. The molecule has 1 amide bonds. The number of sulfone groups is 1. The largest absolute Gasteiger partial charge is 0.392 e. The van der Waals surface area contributed by atoms with Crippen molar-refractivity contribution in [2.24, 2.45) is 5.92 Å². The second-order valence-corrected chi connectivity index (χ2v) is 6.36. The molecule has 1 aliphatic rings. The SMILES string of the molecule is C[C@H](O)CNC(=O)CC1CCS(=O)(=O)C1. The summed E-state index contributed by atoms with van der Waals surface area (Å²) in [6.45, 7) is 1.80. The van der Waals surface area contributed by atoms with Gasteiger partial charge in [0.25, 0.3) is 0 Å². The zero-order valence-electron chi connectivity index (χ0n) is 8.77. The van der Waals surface area contributed by atoms with Gasteiger partial charge in [-0.2, -0.15) is 0 Å². The van der Waals surface area contributed by atoms with Crippen molar-refractivity contribution < 1.29 is 18.3 Å². The molecule has 15 heavy (non-hydrogen) atoms. The van der Waals surface area contributed by atoms with Crippen molar-refractivity contribution in [2.45, 2.75) is 25.9 Å². The van der Waals surface area contributed by atoms with Crippen LogP contribution in [-0.2, 0) is 14.6 Å². The Hall–Kier alpha value is -0.620. The maximum absolute atomic E-state index is 11.3. The molecule has 1 heterocycles. The minimum Gasteiger partial charge on any atom is -0.392 e. The van der Waals surface area contributed by atoms with Crippen LogP contribution in [0.1, 0.15) is 19.8 Å². The van der Waals surface area contributed by atoms with Gasteiger partial charge in [0.05, 0.1) is 17.6 Å². The first-order valence-electron chi connectivity index (χ1n) is 5.04. The summed E-state index contributed by atoms with van der Waals surface area (Å²) < 4.78 is 22.2. The standard InChI is InChI=1S/C9H17NO4S/c1-7(11)5-10-9(12)4-8-2-3-15(13,14)6-8/h7-8,11H,2-6H2,1H3,(H,10,12)/t7-,8?/m0/s1. The summed E-state index contributed by atoms with van der Waals surface area (Å²) in [5, 5.41) is 11.5. The first-order chi connectivity index (χ1) is 6.89. The number of rotatable bonds is 4. The molecule has 0 spiro atoms. The lowest BCUT2D eigenvalue weighted by Gasteiger charge is -2.09. The van der Waals surface area contributed by atoms with E-state index in [4.69, 9.17) is 5.11 Å². The predicted molar refractivity (Wildman–Crippen MR) is 56.1 cm³/mol. The molecule has 0 aromatic rings. The topological polar surface area (TPSA) is 83.5 Å². The first kappa shape index (κ1) is 12.4. The predicted octanol–water partition coefficient (Wildman–Crippen LogP) is -0.692. The molecule has 1 saturated heterocycles. The van der Waals surface area contributed by atoms with Crippen molar-refractivity contribution in [2.75, 3.05) is 18.1 Å². The summed E-state index contributed by atoms with van der Waals surface area (Å²) in [5.74, 6) is 0.0817. The van der Waals surface area contributed by atoms with Gasteiger partial charge in [-0.05, 0) is 19.3 Å². The van der Waals surface area contributed by atoms with E-state index in [0.29, 0.717) is 6.42 Å². The van der Waals surface area contributed by atoms with Crippen molar-refractivity contribution in [3.63, 3.8) is 0 Å². The van der Waals surface area contributed by atoms with Crippen LogP contribution in [0.5, 0.6) is 0 Å². The van der Waals surface area contributed by atoms with Gasteiger partial charge >= 0.3 is 0 Å². The maximum atomic E-state index is 11.3. The van der Waals surface area contributed by atoms with Crippen molar-refractivity contribution in [3.8, 4) is 0 Å². The average Bonchev–Trinajstić information content (AvgIpc) is 2.42. The monoisotopic (exact) mass is 235 g/mol. The fraction of sp³-hybridized carbons (Fsp3) is 0.889. The number of aliphatic hydroxyl groups is 1. The van der Waals surface area contributed by atoms with Crippen LogP contribution in [0.3, 0.4) is 0 Å². The highest BCUT2D eigenvalue weighted by atomic mass is 32.2. The Morgan fingerprint density at radius 2 is 2.27 bits per heavy atom. The van der Waals surface area contributed by atoms with Crippen LogP contribution in [0.4, 0.5) is 0 Å². The third-order valence-corrected chi connectivity index (χ3v) is 4.23. The minimum absolute atomic E-state index is 0.0519. The molecule has 5 nitrogen and oxygen atoms in total. The van der Waals surface area contributed by atoms with E-state index < -0.39 is 15.9 Å². The number of amides is 1. The quantitative estimate of drug-likeness (QED) is 0.675. The zero-order chi connectivity index (χ0) is 11.5. The smallest absolute Gasteiger partial charge is 0.220 e. The summed E-state index contributed by atoms with van der Waals surface area (Å²) >= 11 is 0. The van der Waals surface area contributed by atoms with E-state index in [1.165, 1.54) is 0 Å². The van der Waals surface area contributed by atoms with E-state index in [1.54, 1.807) is 6.92 Å². The fourth-order valence-electron chi connectivity index (χ4n) is 1.63. The van der Waals surface area contributed by atoms with Crippen LogP contribution in [0.2, 0.25) is 0 Å². The number of hydrogen-bond acceptors (Lipinski definition) is 4. The number of carbonyl (C=O) groups excluding carboxylic acids is 1. The molecule has 1 aliphatic heterocycles. The summed E-state index contributed by atoms with van der Waals surface area (Å²) in [7, 11) is -2.90. The Labute approximate surface area is 89.8 Å². The lowest BCUT2D eigenvalue weighted by molar-refractivity contribution is -0.122. The molecular formula is C9H17NO4S. The molecular weight excluding hydrogens is 218 g/mol. The third-order valence-electron chi connectivity index (χ3n) is 2.40. The second kappa shape index (κ2) is 4.94. The number of aliphatic hydroxyl groups excluding tert-OH is 1. The molecule has 0 radical (unpaired) electrons. The number of nitrogens with one attached hydrogen (secondary N) is 1. The van der Waals surface area contributed by atoms with Crippen LogP contribution in [-0.4, -0.2) is 43.6 Å². The Morgan fingerprint density at radius 3 is 2.73 bits per heavy atom. The van der Waals surface area contributed by atoms with E-state index in [1.807, 2.05) is 0 Å². The van der Waals surface area contributed by atoms with Crippen LogP contribution in [0, 0.1) is 5.92 Å². The molecule has 0 aromatic heterocycles. The highest BCUT2D eigenvalue weighted by molar-refractivity contribution is 7.91. The van der Waals surface area contributed by atoms with Crippen molar-refractivity contribution in [1.29, 1.82) is 0 Å². The molecule has 0 aliphatic carbocycles. The third kappa shape index (κ3) is 4.61. The molecule has 1 rings (SSSR count). The van der Waals surface area contributed by atoms with Crippen LogP contribution >= 0.6 is 0 Å². The molecule has 1 unspecified atom stereocenters. The normalized spacial score (nSPS) is 26.1. The van der Waals surface area contributed by atoms with E-state index in [0.717, 1.165) is 0 Å². The molecule has 0 aromatic carbocycles. The molecule has 6 heteroatoms. The van der Waals surface area contributed by atoms with Gasteiger partial charge < -0.3 is 10.4 Å². The highest BCUT2D eigenvalue weighted by Gasteiger charge is 2.29. The molecule has 1 fully saturated rings. The second-order valence-electron chi connectivity index (χ2n) is 4.13. The Bertz CT molecular complexity index is 323. The molecule has 2 atom stereocenters. The fourth-order valence-corrected chi connectivity index (χ4v) is 3.49. The van der Waals surface area contributed by atoms with Gasteiger partial charge in [-0.25, -0.2) is 8.42 Å². The number of hydrogen-bond donors (Lipinski definition) is 2. The maximum Gasteiger partial charge on any atom is 0.220 e. The first-order valence-corrected chi connectivity index (χ1v) is 6.86. The van der Waals surface area contributed by atoms with Crippen LogP contribution in [0.25, 0.3) is 0 Å². The van der Waals surface area contributed by atoms with Crippen molar-refractivity contribution in [3.05, 3.63) is 0 Å². The Balaban J connectivity index is 2.28. The van der Waals surface area contributed by atoms with Gasteiger partial charge in [-0.15, -0.1) is 0 Å². The zero-order valence-corrected chi connectivity index (χ0v) is 9.59. The van der Waals surface area contributed by atoms with Gasteiger partial charge in [-0.1, -0.05) is 0 Å². The van der Waals surface area contributed by atoms with E-state index >= 15 is 0 Å². The van der Waals surface area contributed by atoms with Gasteiger partial charge in [0, 0.05) is 13.0 Å². The molecule has 0 saturated carbocycles. The van der Waals surface area contributed by atoms with Gasteiger partial charge in [0.2, 0.25) is 5.91 Å². The number of carbonyl (C=O) groups is 1. The van der Waals surface area contributed by atoms with Gasteiger partial charge in [0.15, 0.2) is 9.84 Å². The van der Waals surface area contributed by atoms with Crippen molar-refractivity contribution >= 4 is 15.7 Å². The Kier molecular flexibility index (Phi) is 4.10. The summed E-state index contributed by atoms with van der Waals surface area (Å²) in [6, 6.07) is 0. The average molecular weight is 235 g/mol. The summed E-state index contributed by atoms with van der Waals surface area (Å²) in [6.07, 6.45) is 0.248. The van der Waals surface area contributed by atoms with E-state index in [-0.39, 0.29) is 36.3 Å². The highest BCUT2D eigenvalue weighted by Crippen LogP contribution is 2.21. The van der Waals surface area contributed by atoms with E-state index in [2.05, 4.69) is 5.32 Å². The summed E-state index contributed by atoms with van der Waals surface area (Å²) in [4.78, 5) is 11.3.